The summed E-state index contributed by atoms with van der Waals surface area (Å²) in [5.74, 6) is -1.89. The van der Waals surface area contributed by atoms with Crippen LogP contribution in [-0.2, 0) is 4.79 Å². The van der Waals surface area contributed by atoms with Crippen molar-refractivity contribution in [3.63, 3.8) is 0 Å². The monoisotopic (exact) mass is 282 g/mol. The van der Waals surface area contributed by atoms with E-state index in [9.17, 15) is 14.0 Å². The molecule has 3 N–H and O–H groups in total. The molecule has 6 heteroatoms. The van der Waals surface area contributed by atoms with E-state index in [0.717, 1.165) is 5.56 Å². The smallest absolute Gasteiger partial charge is 0.326 e. The predicted octanol–water partition coefficient (Wildman–Crippen LogP) is 2.75. The van der Waals surface area contributed by atoms with Gasteiger partial charge in [0, 0.05) is 0 Å². The lowest BCUT2D eigenvalue weighted by Crippen LogP contribution is -2.46. The second-order valence-corrected chi connectivity index (χ2v) is 4.78. The highest BCUT2D eigenvalue weighted by Gasteiger charge is 2.25. The number of hydrogen-bond acceptors (Lipinski definition) is 2. The summed E-state index contributed by atoms with van der Waals surface area (Å²) >= 11 is 0. The number of benzene rings is 1. The molecule has 0 radical (unpaired) electrons. The number of amides is 2. The van der Waals surface area contributed by atoms with E-state index >= 15 is 0 Å². The van der Waals surface area contributed by atoms with E-state index in [1.165, 1.54) is 12.1 Å². The van der Waals surface area contributed by atoms with E-state index in [4.69, 9.17) is 5.11 Å². The van der Waals surface area contributed by atoms with Crippen LogP contribution < -0.4 is 10.6 Å². The molecule has 0 bridgehead atoms. The number of aliphatic carboxylic acids is 1. The molecule has 110 valence electrons. The number of hydrogen-bond donors (Lipinski definition) is 3. The Morgan fingerprint density at radius 2 is 2.05 bits per heavy atom. The van der Waals surface area contributed by atoms with Crippen molar-refractivity contribution in [2.24, 2.45) is 5.92 Å². The average Bonchev–Trinajstić information content (AvgIpc) is 2.38. The minimum absolute atomic E-state index is 0.0152. The average molecular weight is 282 g/mol. The fraction of sp³-hybridized carbons (Fsp3) is 0.429. The number of urea groups is 1. The zero-order valence-corrected chi connectivity index (χ0v) is 11.7. The molecule has 20 heavy (non-hydrogen) atoms. The quantitative estimate of drug-likeness (QED) is 0.777. The lowest BCUT2D eigenvalue weighted by molar-refractivity contribution is -0.140. The maximum atomic E-state index is 13.6. The summed E-state index contributed by atoms with van der Waals surface area (Å²) in [4.78, 5) is 22.8. The van der Waals surface area contributed by atoms with Gasteiger partial charge in [0.25, 0.3) is 0 Å². The molecule has 0 aliphatic carbocycles. The molecule has 0 aromatic heterocycles. The second kappa shape index (κ2) is 6.88. The molecule has 0 aliphatic rings. The number of halogens is 1. The van der Waals surface area contributed by atoms with Crippen LogP contribution in [0.5, 0.6) is 0 Å². The van der Waals surface area contributed by atoms with Gasteiger partial charge in [0.1, 0.15) is 11.9 Å². The molecule has 0 saturated heterocycles. The molecule has 0 fully saturated rings. The van der Waals surface area contributed by atoms with Crippen LogP contribution in [0.1, 0.15) is 25.8 Å². The number of carbonyl (C=O) groups excluding carboxylic acids is 1. The maximum Gasteiger partial charge on any atom is 0.326 e. The van der Waals surface area contributed by atoms with Crippen LogP contribution in [0.4, 0.5) is 14.9 Å². The fourth-order valence-electron chi connectivity index (χ4n) is 1.70. The van der Waals surface area contributed by atoms with Gasteiger partial charge in [0.05, 0.1) is 5.69 Å². The van der Waals surface area contributed by atoms with E-state index in [0.29, 0.717) is 6.42 Å². The molecular weight excluding hydrogens is 263 g/mol. The van der Waals surface area contributed by atoms with Crippen molar-refractivity contribution >= 4 is 17.7 Å². The summed E-state index contributed by atoms with van der Waals surface area (Å²) in [5, 5.41) is 13.7. The van der Waals surface area contributed by atoms with E-state index in [1.54, 1.807) is 19.9 Å². The molecule has 5 nitrogen and oxygen atoms in total. The van der Waals surface area contributed by atoms with Crippen molar-refractivity contribution in [2.45, 2.75) is 33.2 Å². The molecule has 2 atom stereocenters. The van der Waals surface area contributed by atoms with E-state index in [1.807, 2.05) is 6.92 Å². The number of carboxylic acid groups (broad SMARTS) is 1. The zero-order chi connectivity index (χ0) is 15.3. The summed E-state index contributed by atoms with van der Waals surface area (Å²) in [6, 6.07) is 2.64. The van der Waals surface area contributed by atoms with Crippen LogP contribution >= 0.6 is 0 Å². The summed E-state index contributed by atoms with van der Waals surface area (Å²) < 4.78 is 13.6. The van der Waals surface area contributed by atoms with E-state index in [2.05, 4.69) is 10.6 Å². The zero-order valence-electron chi connectivity index (χ0n) is 11.7. The van der Waals surface area contributed by atoms with Crippen LogP contribution in [0.25, 0.3) is 0 Å². The Morgan fingerprint density at radius 1 is 1.40 bits per heavy atom. The maximum absolute atomic E-state index is 13.6. The van der Waals surface area contributed by atoms with Crippen LogP contribution in [0.2, 0.25) is 0 Å². The Morgan fingerprint density at radius 3 is 2.55 bits per heavy atom. The molecule has 2 amide bonds. The van der Waals surface area contributed by atoms with Crippen molar-refractivity contribution in [2.75, 3.05) is 5.32 Å². The third-order valence-corrected chi connectivity index (χ3v) is 3.14. The Labute approximate surface area is 117 Å². The second-order valence-electron chi connectivity index (χ2n) is 4.78. The van der Waals surface area contributed by atoms with Gasteiger partial charge in [-0.15, -0.1) is 0 Å². The van der Waals surface area contributed by atoms with Crippen LogP contribution in [-0.4, -0.2) is 23.1 Å². The van der Waals surface area contributed by atoms with Crippen molar-refractivity contribution < 1.29 is 19.1 Å². The third kappa shape index (κ3) is 4.22. The number of anilines is 1. The molecule has 0 saturated carbocycles. The highest BCUT2D eigenvalue weighted by Crippen LogP contribution is 2.15. The molecule has 1 unspecified atom stereocenters. The first kappa shape index (κ1) is 15.9. The number of nitrogens with one attached hydrogen (secondary N) is 2. The number of carboxylic acids is 1. The first-order valence-electron chi connectivity index (χ1n) is 6.41. The highest BCUT2D eigenvalue weighted by atomic mass is 19.1. The van der Waals surface area contributed by atoms with Crippen LogP contribution in [0.3, 0.4) is 0 Å². The van der Waals surface area contributed by atoms with E-state index < -0.39 is 23.9 Å². The summed E-state index contributed by atoms with van der Waals surface area (Å²) in [5.41, 5.74) is 0.748. The highest BCUT2D eigenvalue weighted by molar-refractivity contribution is 5.92. The van der Waals surface area contributed by atoms with Crippen molar-refractivity contribution in [3.8, 4) is 0 Å². The van der Waals surface area contributed by atoms with Crippen LogP contribution in [0, 0.1) is 18.7 Å². The SMILES string of the molecule is CCC(C)[C@H](NC(=O)Nc1ccc(C)cc1F)C(=O)O. The van der Waals surface area contributed by atoms with Crippen molar-refractivity contribution in [3.05, 3.63) is 29.6 Å². The minimum atomic E-state index is -1.11. The number of aryl methyl sites for hydroxylation is 1. The van der Waals surface area contributed by atoms with E-state index in [-0.39, 0.29) is 11.6 Å². The fourth-order valence-corrected chi connectivity index (χ4v) is 1.70. The van der Waals surface area contributed by atoms with Crippen molar-refractivity contribution in [1.82, 2.24) is 5.32 Å². The summed E-state index contributed by atoms with van der Waals surface area (Å²) in [7, 11) is 0. The molecular formula is C14H19FN2O3. The predicted molar refractivity (Wildman–Crippen MR) is 74.2 cm³/mol. The van der Waals surface area contributed by atoms with Crippen LogP contribution in [0.15, 0.2) is 18.2 Å². The topological polar surface area (TPSA) is 78.4 Å². The summed E-state index contributed by atoms with van der Waals surface area (Å²) in [6.07, 6.45) is 0.607. The first-order valence-corrected chi connectivity index (χ1v) is 6.41. The van der Waals surface area contributed by atoms with Gasteiger partial charge in [-0.25, -0.2) is 14.0 Å². The molecule has 1 rings (SSSR count). The number of carbonyl (C=O) groups is 2. The van der Waals surface area contributed by atoms with Gasteiger partial charge in [0.15, 0.2) is 0 Å². The lowest BCUT2D eigenvalue weighted by atomic mass is 9.99. The van der Waals surface area contributed by atoms with Gasteiger partial charge in [-0.2, -0.15) is 0 Å². The molecule has 1 aromatic carbocycles. The van der Waals surface area contributed by atoms with Crippen molar-refractivity contribution in [1.29, 1.82) is 0 Å². The lowest BCUT2D eigenvalue weighted by Gasteiger charge is -2.20. The van der Waals surface area contributed by atoms with Gasteiger partial charge in [-0.1, -0.05) is 26.3 Å². The third-order valence-electron chi connectivity index (χ3n) is 3.14. The molecule has 0 heterocycles. The van der Waals surface area contributed by atoms with Gasteiger partial charge >= 0.3 is 12.0 Å². The molecule has 0 aliphatic heterocycles. The minimum Gasteiger partial charge on any atom is -0.480 e. The van der Waals surface area contributed by atoms with Gasteiger partial charge in [0.2, 0.25) is 0 Å². The standard InChI is InChI=1S/C14H19FN2O3/c1-4-9(3)12(13(18)19)17-14(20)16-11-6-5-8(2)7-10(11)15/h5-7,9,12H,4H2,1-3H3,(H,18,19)(H2,16,17,20)/t9?,12-/m0/s1. The Balaban J connectivity index is 2.73. The Hall–Kier alpha value is -2.11. The molecule has 0 spiro atoms. The van der Waals surface area contributed by atoms with Gasteiger partial charge in [-0.05, 0) is 30.5 Å². The van der Waals surface area contributed by atoms with Gasteiger partial charge in [-0.3, -0.25) is 0 Å². The summed E-state index contributed by atoms with van der Waals surface area (Å²) in [6.45, 7) is 5.29. The molecule has 1 aromatic rings. The largest absolute Gasteiger partial charge is 0.480 e. The first-order chi connectivity index (χ1) is 9.35. The normalized spacial score (nSPS) is 13.4. The van der Waals surface area contributed by atoms with Gasteiger partial charge < -0.3 is 15.7 Å². The Kier molecular flexibility index (Phi) is 5.49. The Bertz CT molecular complexity index is 505. The number of rotatable bonds is 5.